The maximum atomic E-state index is 13.8. The lowest BCUT2D eigenvalue weighted by Gasteiger charge is -2.32. The first-order chi connectivity index (χ1) is 18.1. The van der Waals surface area contributed by atoms with Gasteiger partial charge in [0.05, 0.1) is 27.7 Å². The van der Waals surface area contributed by atoms with Crippen molar-refractivity contribution >= 4 is 50.7 Å². The predicted octanol–water partition coefficient (Wildman–Crippen LogP) is 4.75. The van der Waals surface area contributed by atoms with Crippen LogP contribution in [0.25, 0.3) is 0 Å². The number of carbonyl (C=O) groups is 2. The number of likely N-dealkylation sites (N-methyl/N-ethyl adjacent to an activating group) is 1. The third kappa shape index (κ3) is 6.98. The van der Waals surface area contributed by atoms with Crippen LogP contribution in [0.15, 0.2) is 77.7 Å². The Hall–Kier alpha value is -3.27. The van der Waals surface area contributed by atoms with E-state index in [0.717, 1.165) is 4.31 Å². The second-order valence-corrected chi connectivity index (χ2v) is 11.0. The van der Waals surface area contributed by atoms with E-state index in [1.54, 1.807) is 74.5 Å². The second kappa shape index (κ2) is 13.0. The number of sulfonamides is 1. The molecule has 3 aromatic carbocycles. The maximum Gasteiger partial charge on any atom is 0.264 e. The Morgan fingerprint density at radius 1 is 0.974 bits per heavy atom. The van der Waals surface area contributed by atoms with Gasteiger partial charge in [0.25, 0.3) is 10.0 Å². The van der Waals surface area contributed by atoms with Crippen molar-refractivity contribution < 1.29 is 22.7 Å². The number of nitrogens with zero attached hydrogens (tertiary/aromatic N) is 2. The van der Waals surface area contributed by atoms with Crippen LogP contribution < -0.4 is 14.4 Å². The van der Waals surface area contributed by atoms with E-state index >= 15 is 0 Å². The van der Waals surface area contributed by atoms with E-state index in [2.05, 4.69) is 5.32 Å². The molecule has 0 radical (unpaired) electrons. The minimum Gasteiger partial charge on any atom is -0.497 e. The van der Waals surface area contributed by atoms with E-state index in [-0.39, 0.29) is 23.0 Å². The molecule has 0 heterocycles. The Balaban J connectivity index is 2.03. The van der Waals surface area contributed by atoms with E-state index in [1.807, 2.05) is 0 Å². The summed E-state index contributed by atoms with van der Waals surface area (Å²) in [4.78, 5) is 27.9. The molecule has 0 aliphatic carbocycles. The van der Waals surface area contributed by atoms with Crippen molar-refractivity contribution in [3.05, 3.63) is 88.4 Å². The predicted molar refractivity (Wildman–Crippen MR) is 149 cm³/mol. The lowest BCUT2D eigenvalue weighted by Crippen LogP contribution is -2.51. The first kappa shape index (κ1) is 29.3. The van der Waals surface area contributed by atoms with Gasteiger partial charge in [-0.1, -0.05) is 47.5 Å². The minimum atomic E-state index is -4.14. The quantitative estimate of drug-likeness (QED) is 0.354. The number of ether oxygens (including phenoxy) is 1. The Morgan fingerprint density at radius 2 is 1.63 bits per heavy atom. The van der Waals surface area contributed by atoms with Gasteiger partial charge in [-0.3, -0.25) is 13.9 Å². The second-order valence-electron chi connectivity index (χ2n) is 8.36. The van der Waals surface area contributed by atoms with Crippen LogP contribution in [0.5, 0.6) is 5.75 Å². The van der Waals surface area contributed by atoms with Crippen LogP contribution in [0.2, 0.25) is 10.0 Å². The Morgan fingerprint density at radius 3 is 2.21 bits per heavy atom. The molecule has 1 atom stereocenters. The van der Waals surface area contributed by atoms with E-state index in [0.29, 0.717) is 27.9 Å². The van der Waals surface area contributed by atoms with Crippen molar-refractivity contribution in [3.63, 3.8) is 0 Å². The van der Waals surface area contributed by atoms with Crippen LogP contribution in [-0.4, -0.2) is 51.4 Å². The van der Waals surface area contributed by atoms with Crippen LogP contribution in [0.1, 0.15) is 19.4 Å². The first-order valence-electron chi connectivity index (χ1n) is 11.8. The molecule has 1 N–H and O–H groups in total. The molecule has 2 amide bonds. The van der Waals surface area contributed by atoms with Gasteiger partial charge in [-0.2, -0.15) is 0 Å². The summed E-state index contributed by atoms with van der Waals surface area (Å²) in [6.45, 7) is 3.19. The van der Waals surface area contributed by atoms with Gasteiger partial charge >= 0.3 is 0 Å². The summed E-state index contributed by atoms with van der Waals surface area (Å²) in [5.41, 5.74) is 0.897. The average Bonchev–Trinajstić information content (AvgIpc) is 2.92. The summed E-state index contributed by atoms with van der Waals surface area (Å²) in [5, 5.41) is 3.37. The molecule has 0 bridgehead atoms. The highest BCUT2D eigenvalue weighted by Crippen LogP contribution is 2.27. The van der Waals surface area contributed by atoms with Gasteiger partial charge in [0, 0.05) is 13.1 Å². The van der Waals surface area contributed by atoms with Crippen molar-refractivity contribution in [2.75, 3.05) is 24.5 Å². The molecule has 0 aromatic heterocycles. The zero-order valence-corrected chi connectivity index (χ0v) is 23.6. The largest absolute Gasteiger partial charge is 0.497 e. The molecular formula is C27H29Cl2N3O5S. The number of halogens is 2. The zero-order valence-electron chi connectivity index (χ0n) is 21.2. The molecule has 0 saturated carbocycles. The fraction of sp³-hybridized carbons (Fsp3) is 0.259. The molecule has 202 valence electrons. The monoisotopic (exact) mass is 577 g/mol. The van der Waals surface area contributed by atoms with E-state index in [4.69, 9.17) is 27.9 Å². The molecule has 38 heavy (non-hydrogen) atoms. The van der Waals surface area contributed by atoms with Crippen LogP contribution in [0.4, 0.5) is 5.69 Å². The average molecular weight is 579 g/mol. The summed E-state index contributed by atoms with van der Waals surface area (Å²) in [6.07, 6.45) is 0. The van der Waals surface area contributed by atoms with Crippen LogP contribution in [0, 0.1) is 0 Å². The van der Waals surface area contributed by atoms with Crippen molar-refractivity contribution in [3.8, 4) is 5.75 Å². The van der Waals surface area contributed by atoms with E-state index in [1.165, 1.54) is 24.1 Å². The standard InChI is InChI=1S/C27H29Cl2N3O5S/c1-4-30-27(34)19(2)31(17-20-10-15-24(28)25(29)16-20)26(33)18-32(21-11-13-22(37-3)14-12-21)38(35,36)23-8-6-5-7-9-23/h5-16,19H,4,17-18H2,1-3H3,(H,30,34)/t19-/m0/s1. The summed E-state index contributed by atoms with van der Waals surface area (Å²) < 4.78 is 33.6. The number of rotatable bonds is 11. The number of methoxy groups -OCH3 is 1. The third-order valence-corrected chi connectivity index (χ3v) is 8.35. The van der Waals surface area contributed by atoms with Gasteiger partial charge in [-0.25, -0.2) is 8.42 Å². The summed E-state index contributed by atoms with van der Waals surface area (Å²) in [7, 11) is -2.64. The molecule has 8 nitrogen and oxygen atoms in total. The Labute approximate surface area is 233 Å². The van der Waals surface area contributed by atoms with Gasteiger partial charge in [0.1, 0.15) is 18.3 Å². The van der Waals surface area contributed by atoms with Gasteiger partial charge < -0.3 is 15.0 Å². The van der Waals surface area contributed by atoms with Gasteiger partial charge in [-0.05, 0) is 67.9 Å². The number of anilines is 1. The summed E-state index contributed by atoms with van der Waals surface area (Å²) in [6, 6.07) is 18.2. The number of benzene rings is 3. The lowest BCUT2D eigenvalue weighted by molar-refractivity contribution is -0.139. The van der Waals surface area contributed by atoms with E-state index < -0.39 is 28.5 Å². The molecule has 3 aromatic rings. The SMILES string of the molecule is CCNC(=O)[C@H](C)N(Cc1ccc(Cl)c(Cl)c1)C(=O)CN(c1ccc(OC)cc1)S(=O)(=O)c1ccccc1. The smallest absolute Gasteiger partial charge is 0.264 e. The van der Waals surface area contributed by atoms with Crippen LogP contribution in [-0.2, 0) is 26.2 Å². The highest BCUT2D eigenvalue weighted by molar-refractivity contribution is 7.92. The molecular weight excluding hydrogens is 549 g/mol. The normalized spacial score (nSPS) is 11.9. The third-order valence-electron chi connectivity index (χ3n) is 5.83. The van der Waals surface area contributed by atoms with Crippen LogP contribution >= 0.6 is 23.2 Å². The summed E-state index contributed by atoms with van der Waals surface area (Å²) >= 11 is 12.2. The molecule has 3 rings (SSSR count). The molecule has 0 spiro atoms. The van der Waals surface area contributed by atoms with Crippen molar-refractivity contribution in [2.45, 2.75) is 31.3 Å². The first-order valence-corrected chi connectivity index (χ1v) is 14.0. The number of carbonyl (C=O) groups excluding carboxylic acids is 2. The molecule has 0 fully saturated rings. The lowest BCUT2D eigenvalue weighted by atomic mass is 10.1. The van der Waals surface area contributed by atoms with Crippen LogP contribution in [0.3, 0.4) is 0 Å². The highest BCUT2D eigenvalue weighted by Gasteiger charge is 2.32. The molecule has 0 unspecified atom stereocenters. The van der Waals surface area contributed by atoms with E-state index in [9.17, 15) is 18.0 Å². The zero-order chi connectivity index (χ0) is 27.9. The number of hydrogen-bond acceptors (Lipinski definition) is 5. The fourth-order valence-electron chi connectivity index (χ4n) is 3.74. The Bertz CT molecular complexity index is 1370. The Kier molecular flexibility index (Phi) is 10.0. The van der Waals surface area contributed by atoms with Gasteiger partial charge in [0.2, 0.25) is 11.8 Å². The fourth-order valence-corrected chi connectivity index (χ4v) is 5.49. The molecule has 0 aliphatic heterocycles. The maximum absolute atomic E-state index is 13.8. The van der Waals surface area contributed by atoms with Gasteiger partial charge in [0.15, 0.2) is 0 Å². The minimum absolute atomic E-state index is 0.00978. The highest BCUT2D eigenvalue weighted by atomic mass is 35.5. The number of hydrogen-bond donors (Lipinski definition) is 1. The summed E-state index contributed by atoms with van der Waals surface area (Å²) in [5.74, 6) is -0.420. The molecule has 0 aliphatic rings. The molecule has 0 saturated heterocycles. The van der Waals surface area contributed by atoms with Gasteiger partial charge in [-0.15, -0.1) is 0 Å². The topological polar surface area (TPSA) is 96.0 Å². The van der Waals surface area contributed by atoms with Crippen molar-refractivity contribution in [2.24, 2.45) is 0 Å². The van der Waals surface area contributed by atoms with Crippen molar-refractivity contribution in [1.82, 2.24) is 10.2 Å². The van der Waals surface area contributed by atoms with Crippen molar-refractivity contribution in [1.29, 1.82) is 0 Å². The molecule has 11 heteroatoms. The number of nitrogens with one attached hydrogen (secondary N) is 1. The number of amides is 2.